The minimum Gasteiger partial charge on any atom is -0.243 e. The summed E-state index contributed by atoms with van der Waals surface area (Å²) in [6.45, 7) is 0. The van der Waals surface area contributed by atoms with E-state index in [0.717, 1.165) is 42.5 Å². The van der Waals surface area contributed by atoms with Crippen LogP contribution >= 0.6 is 31.9 Å². The van der Waals surface area contributed by atoms with Gasteiger partial charge in [0.1, 0.15) is 11.0 Å². The first kappa shape index (κ1) is 19.6. The second-order valence-corrected chi connectivity index (χ2v) is 9.48. The summed E-state index contributed by atoms with van der Waals surface area (Å²) >= 11 is 7.34. The maximum Gasteiger partial charge on any atom is 0.105 e. The summed E-state index contributed by atoms with van der Waals surface area (Å²) in [4.78, 5) is 10.3. The molecule has 6 rings (SSSR count). The second kappa shape index (κ2) is 7.80. The number of benzene rings is 5. The van der Waals surface area contributed by atoms with E-state index in [9.17, 15) is 0 Å². The standard InChI is InChI=1S/C28H16Br2N2/c29-23-13-14-24(30)28-27(23)31-25(21-11-9-17-5-1-3-7-19(17)15-21)26(32-28)22-12-10-18-6-2-4-8-20(18)16-22/h1-16H. The van der Waals surface area contributed by atoms with Crippen molar-refractivity contribution in [3.05, 3.63) is 106 Å². The van der Waals surface area contributed by atoms with Crippen LogP contribution in [0.2, 0.25) is 0 Å². The van der Waals surface area contributed by atoms with E-state index in [1.165, 1.54) is 21.5 Å². The van der Waals surface area contributed by atoms with Crippen LogP contribution in [0.15, 0.2) is 106 Å². The van der Waals surface area contributed by atoms with E-state index in [-0.39, 0.29) is 0 Å². The Balaban J connectivity index is 1.68. The molecule has 1 aromatic heterocycles. The highest BCUT2D eigenvalue weighted by Gasteiger charge is 2.17. The van der Waals surface area contributed by atoms with Gasteiger partial charge in [0.25, 0.3) is 0 Å². The maximum atomic E-state index is 5.13. The first-order valence-electron chi connectivity index (χ1n) is 10.3. The molecule has 5 aromatic carbocycles. The molecule has 0 amide bonds. The molecule has 1 heterocycles. The number of hydrogen-bond donors (Lipinski definition) is 0. The first-order chi connectivity index (χ1) is 15.7. The molecule has 0 N–H and O–H groups in total. The summed E-state index contributed by atoms with van der Waals surface area (Å²) in [6.07, 6.45) is 0. The van der Waals surface area contributed by atoms with Gasteiger partial charge in [0.05, 0.1) is 11.4 Å². The lowest BCUT2D eigenvalue weighted by molar-refractivity contribution is 1.28. The molecule has 0 aliphatic carbocycles. The van der Waals surface area contributed by atoms with Crippen LogP contribution in [0.4, 0.5) is 0 Å². The number of hydrogen-bond acceptors (Lipinski definition) is 2. The van der Waals surface area contributed by atoms with Crippen molar-refractivity contribution in [2.75, 3.05) is 0 Å². The fourth-order valence-corrected chi connectivity index (χ4v) is 4.97. The molecule has 4 heteroatoms. The van der Waals surface area contributed by atoms with Gasteiger partial charge in [-0.1, -0.05) is 72.8 Å². The molecule has 32 heavy (non-hydrogen) atoms. The Hall–Kier alpha value is -3.08. The zero-order valence-corrected chi connectivity index (χ0v) is 20.1. The molecule has 0 unspecified atom stereocenters. The van der Waals surface area contributed by atoms with Crippen LogP contribution < -0.4 is 0 Å². The normalized spacial score (nSPS) is 11.4. The zero-order chi connectivity index (χ0) is 21.7. The topological polar surface area (TPSA) is 25.8 Å². The first-order valence-corrected chi connectivity index (χ1v) is 11.9. The summed E-state index contributed by atoms with van der Waals surface area (Å²) in [7, 11) is 0. The van der Waals surface area contributed by atoms with Crippen LogP contribution in [0, 0.1) is 0 Å². The molecular weight excluding hydrogens is 524 g/mol. The van der Waals surface area contributed by atoms with E-state index in [1.807, 2.05) is 12.1 Å². The van der Waals surface area contributed by atoms with E-state index < -0.39 is 0 Å². The van der Waals surface area contributed by atoms with Crippen molar-refractivity contribution >= 4 is 64.4 Å². The molecule has 0 aliphatic rings. The van der Waals surface area contributed by atoms with Crippen molar-refractivity contribution in [3.8, 4) is 22.5 Å². The maximum absolute atomic E-state index is 5.13. The molecule has 2 nitrogen and oxygen atoms in total. The van der Waals surface area contributed by atoms with Crippen LogP contribution in [-0.2, 0) is 0 Å². The smallest absolute Gasteiger partial charge is 0.105 e. The quantitative estimate of drug-likeness (QED) is 0.220. The molecule has 152 valence electrons. The Kier molecular flexibility index (Phi) is 4.78. The number of halogens is 2. The molecule has 6 aromatic rings. The van der Waals surface area contributed by atoms with Crippen LogP contribution in [0.25, 0.3) is 55.1 Å². The second-order valence-electron chi connectivity index (χ2n) is 7.77. The molecule has 0 saturated heterocycles. The molecule has 0 bridgehead atoms. The Morgan fingerprint density at radius 2 is 0.844 bits per heavy atom. The predicted molar refractivity (Wildman–Crippen MR) is 141 cm³/mol. The molecular formula is C28H16Br2N2. The third-order valence-electron chi connectivity index (χ3n) is 5.77. The minimum absolute atomic E-state index is 0.840. The Labute approximate surface area is 202 Å². The van der Waals surface area contributed by atoms with Crippen LogP contribution in [0.1, 0.15) is 0 Å². The highest BCUT2D eigenvalue weighted by Crippen LogP contribution is 2.37. The summed E-state index contributed by atoms with van der Waals surface area (Å²) in [5.74, 6) is 0. The van der Waals surface area contributed by atoms with Gasteiger partial charge in [-0.2, -0.15) is 0 Å². The lowest BCUT2D eigenvalue weighted by atomic mass is 9.99. The van der Waals surface area contributed by atoms with Gasteiger partial charge in [0.2, 0.25) is 0 Å². The van der Waals surface area contributed by atoms with E-state index in [1.54, 1.807) is 0 Å². The Bertz CT molecular complexity index is 1530. The number of rotatable bonds is 2. The van der Waals surface area contributed by atoms with Crippen molar-refractivity contribution in [1.82, 2.24) is 9.97 Å². The van der Waals surface area contributed by atoms with Gasteiger partial charge >= 0.3 is 0 Å². The summed E-state index contributed by atoms with van der Waals surface area (Å²) in [5, 5.41) is 4.79. The van der Waals surface area contributed by atoms with Gasteiger partial charge in [-0.15, -0.1) is 0 Å². The van der Waals surface area contributed by atoms with Crippen LogP contribution in [0.5, 0.6) is 0 Å². The lowest BCUT2D eigenvalue weighted by Crippen LogP contribution is -1.97. The van der Waals surface area contributed by atoms with Gasteiger partial charge in [-0.05, 0) is 77.7 Å². The third-order valence-corrected chi connectivity index (χ3v) is 7.05. The molecule has 0 atom stereocenters. The van der Waals surface area contributed by atoms with Gasteiger partial charge in [0, 0.05) is 20.1 Å². The summed E-state index contributed by atoms with van der Waals surface area (Å²) in [5.41, 5.74) is 5.52. The van der Waals surface area contributed by atoms with Gasteiger partial charge in [0.15, 0.2) is 0 Å². The van der Waals surface area contributed by atoms with Gasteiger partial charge in [-0.3, -0.25) is 0 Å². The zero-order valence-electron chi connectivity index (χ0n) is 16.9. The SMILES string of the molecule is Brc1ccc(Br)c2nc(-c3ccc4ccccc4c3)c(-c3ccc4ccccc4c3)nc12. The van der Waals surface area contributed by atoms with Crippen molar-refractivity contribution in [2.45, 2.75) is 0 Å². The van der Waals surface area contributed by atoms with Gasteiger partial charge < -0.3 is 0 Å². The van der Waals surface area contributed by atoms with Crippen molar-refractivity contribution in [2.24, 2.45) is 0 Å². The monoisotopic (exact) mass is 538 g/mol. The molecule has 0 spiro atoms. The average molecular weight is 540 g/mol. The van der Waals surface area contributed by atoms with Crippen molar-refractivity contribution in [1.29, 1.82) is 0 Å². The van der Waals surface area contributed by atoms with Crippen molar-refractivity contribution < 1.29 is 0 Å². The number of nitrogens with zero attached hydrogens (tertiary/aromatic N) is 2. The molecule has 0 saturated carbocycles. The fraction of sp³-hybridized carbons (Fsp3) is 0. The minimum atomic E-state index is 0.840. The number of aromatic nitrogens is 2. The summed E-state index contributed by atoms with van der Waals surface area (Å²) in [6, 6.07) is 33.7. The van der Waals surface area contributed by atoms with Gasteiger partial charge in [-0.25, -0.2) is 9.97 Å². The molecule has 0 radical (unpaired) electrons. The van der Waals surface area contributed by atoms with Crippen LogP contribution in [0.3, 0.4) is 0 Å². The van der Waals surface area contributed by atoms with E-state index in [4.69, 9.17) is 9.97 Å². The molecule has 0 aliphatic heterocycles. The number of fused-ring (bicyclic) bond motifs is 3. The average Bonchev–Trinajstić information content (AvgIpc) is 2.85. The fourth-order valence-electron chi connectivity index (χ4n) is 4.15. The molecule has 0 fully saturated rings. The highest BCUT2D eigenvalue weighted by atomic mass is 79.9. The van der Waals surface area contributed by atoms with Crippen LogP contribution in [-0.4, -0.2) is 9.97 Å². The van der Waals surface area contributed by atoms with E-state index in [0.29, 0.717) is 0 Å². The van der Waals surface area contributed by atoms with Crippen molar-refractivity contribution in [3.63, 3.8) is 0 Å². The summed E-state index contributed by atoms with van der Waals surface area (Å²) < 4.78 is 1.85. The highest BCUT2D eigenvalue weighted by molar-refractivity contribution is 9.11. The lowest BCUT2D eigenvalue weighted by Gasteiger charge is -2.13. The van der Waals surface area contributed by atoms with E-state index >= 15 is 0 Å². The van der Waals surface area contributed by atoms with E-state index in [2.05, 4.69) is 117 Å². The Morgan fingerprint density at radius 3 is 1.28 bits per heavy atom. The third kappa shape index (κ3) is 3.31. The Morgan fingerprint density at radius 1 is 0.438 bits per heavy atom. The largest absolute Gasteiger partial charge is 0.243 e. The predicted octanol–water partition coefficient (Wildman–Crippen LogP) is 8.80.